The number of carbonyl (C=O) groups is 1. The van der Waals surface area contributed by atoms with Gasteiger partial charge in [0, 0.05) is 5.56 Å². The van der Waals surface area contributed by atoms with E-state index in [1.165, 1.54) is 23.1 Å². The van der Waals surface area contributed by atoms with Crippen molar-refractivity contribution in [3.8, 4) is 0 Å². The summed E-state index contributed by atoms with van der Waals surface area (Å²) in [6.45, 7) is 1.89. The molecule has 0 atom stereocenters. The highest BCUT2D eigenvalue weighted by Crippen LogP contribution is 2.21. The monoisotopic (exact) mass is 342 g/mol. The number of fused-ring (bicyclic) bond motifs is 1. The first kappa shape index (κ1) is 15.6. The van der Waals surface area contributed by atoms with Crippen LogP contribution >= 0.6 is 23.1 Å². The minimum Gasteiger partial charge on any atom is -0.272 e. The Bertz CT molecular complexity index is 855. The zero-order chi connectivity index (χ0) is 16.1. The van der Waals surface area contributed by atoms with Gasteiger partial charge < -0.3 is 0 Å². The molecule has 0 aliphatic heterocycles. The van der Waals surface area contributed by atoms with Gasteiger partial charge in [-0.3, -0.25) is 4.79 Å². The van der Waals surface area contributed by atoms with Crippen LogP contribution in [-0.4, -0.2) is 28.1 Å². The Morgan fingerprint density at radius 2 is 2.09 bits per heavy atom. The highest BCUT2D eigenvalue weighted by atomic mass is 32.2. The molecule has 5 nitrogen and oxygen atoms in total. The number of aromatic nitrogens is 2. The molecule has 0 unspecified atom stereocenters. The predicted molar refractivity (Wildman–Crippen MR) is 95.1 cm³/mol. The van der Waals surface area contributed by atoms with Gasteiger partial charge in [-0.1, -0.05) is 65.6 Å². The summed E-state index contributed by atoms with van der Waals surface area (Å²) in [5.41, 5.74) is 3.51. The minimum atomic E-state index is -0.167. The zero-order valence-corrected chi connectivity index (χ0v) is 14.0. The maximum absolute atomic E-state index is 11.8. The van der Waals surface area contributed by atoms with Crippen molar-refractivity contribution in [2.24, 2.45) is 5.10 Å². The Hall–Kier alpha value is -2.25. The van der Waals surface area contributed by atoms with Gasteiger partial charge in [-0.15, -0.1) is 10.2 Å². The average Bonchev–Trinajstić information content (AvgIpc) is 2.99. The Balaban J connectivity index is 1.58. The first-order valence-electron chi connectivity index (χ1n) is 6.95. The summed E-state index contributed by atoms with van der Waals surface area (Å²) in [6.07, 6.45) is 1.67. The van der Waals surface area contributed by atoms with Crippen molar-refractivity contribution in [2.45, 2.75) is 11.3 Å². The Morgan fingerprint density at radius 3 is 2.91 bits per heavy atom. The van der Waals surface area contributed by atoms with Crippen molar-refractivity contribution >= 4 is 46.0 Å². The molecular formula is C16H14N4OS2. The molecule has 0 saturated heterocycles. The molecular weight excluding hydrogens is 328 g/mol. The molecule has 0 bridgehead atoms. The molecule has 0 fully saturated rings. The summed E-state index contributed by atoms with van der Waals surface area (Å²) in [6, 6.07) is 14.1. The molecule has 23 heavy (non-hydrogen) atoms. The van der Waals surface area contributed by atoms with Crippen LogP contribution in [0.25, 0.3) is 10.8 Å². The Kier molecular flexibility index (Phi) is 4.99. The van der Waals surface area contributed by atoms with Crippen LogP contribution < -0.4 is 5.43 Å². The van der Waals surface area contributed by atoms with Gasteiger partial charge in [-0.05, 0) is 17.7 Å². The molecule has 1 aromatic heterocycles. The van der Waals surface area contributed by atoms with E-state index in [1.807, 2.05) is 49.4 Å². The van der Waals surface area contributed by atoms with Crippen molar-refractivity contribution < 1.29 is 4.79 Å². The van der Waals surface area contributed by atoms with Gasteiger partial charge in [0.15, 0.2) is 4.34 Å². The van der Waals surface area contributed by atoms with E-state index in [9.17, 15) is 4.79 Å². The Labute approximate surface area is 141 Å². The lowest BCUT2D eigenvalue weighted by atomic mass is 10.1. The number of amides is 1. The summed E-state index contributed by atoms with van der Waals surface area (Å²) < 4.78 is 0.788. The van der Waals surface area contributed by atoms with Crippen LogP contribution in [0.3, 0.4) is 0 Å². The van der Waals surface area contributed by atoms with Gasteiger partial charge in [0.2, 0.25) is 0 Å². The molecule has 3 aromatic rings. The summed E-state index contributed by atoms with van der Waals surface area (Å²) in [7, 11) is 0. The van der Waals surface area contributed by atoms with E-state index in [4.69, 9.17) is 0 Å². The second kappa shape index (κ2) is 7.34. The highest BCUT2D eigenvalue weighted by molar-refractivity contribution is 8.01. The number of rotatable bonds is 5. The number of hydrogen-bond acceptors (Lipinski definition) is 6. The first-order chi connectivity index (χ1) is 11.2. The van der Waals surface area contributed by atoms with E-state index in [-0.39, 0.29) is 11.7 Å². The molecule has 116 valence electrons. The summed E-state index contributed by atoms with van der Waals surface area (Å²) in [5, 5.41) is 15.1. The fourth-order valence-electron chi connectivity index (χ4n) is 2.03. The SMILES string of the molecule is Cc1nnc(SCC(=O)N/N=C/c2cccc3ccccc23)s1. The normalized spacial score (nSPS) is 11.2. The number of hydrazone groups is 1. The zero-order valence-electron chi connectivity index (χ0n) is 12.4. The third-order valence-corrected chi connectivity index (χ3v) is 5.02. The van der Waals surface area contributed by atoms with E-state index in [0.29, 0.717) is 0 Å². The van der Waals surface area contributed by atoms with Gasteiger partial charge >= 0.3 is 0 Å². The number of nitrogens with one attached hydrogen (secondary N) is 1. The fourth-order valence-corrected chi connectivity index (χ4v) is 3.64. The lowest BCUT2D eigenvalue weighted by Crippen LogP contribution is -2.19. The average molecular weight is 342 g/mol. The quantitative estimate of drug-likeness (QED) is 0.439. The van der Waals surface area contributed by atoms with Gasteiger partial charge in [0.1, 0.15) is 5.01 Å². The maximum Gasteiger partial charge on any atom is 0.250 e. The van der Waals surface area contributed by atoms with Crippen LogP contribution in [0.5, 0.6) is 0 Å². The lowest BCUT2D eigenvalue weighted by molar-refractivity contribution is -0.118. The van der Waals surface area contributed by atoms with Crippen molar-refractivity contribution in [1.82, 2.24) is 15.6 Å². The summed E-state index contributed by atoms with van der Waals surface area (Å²) >= 11 is 2.83. The van der Waals surface area contributed by atoms with Crippen LogP contribution in [0.2, 0.25) is 0 Å². The van der Waals surface area contributed by atoms with Crippen molar-refractivity contribution in [3.63, 3.8) is 0 Å². The van der Waals surface area contributed by atoms with Gasteiger partial charge in [-0.2, -0.15) is 5.10 Å². The molecule has 0 saturated carbocycles. The standard InChI is InChI=1S/C16H14N4OS2/c1-11-18-20-16(23-11)22-10-15(21)19-17-9-13-7-4-6-12-5-2-3-8-14(12)13/h2-9H,10H2,1H3,(H,19,21)/b17-9+. The molecule has 0 spiro atoms. The molecule has 1 N–H and O–H groups in total. The summed E-state index contributed by atoms with van der Waals surface area (Å²) in [5.74, 6) is 0.0981. The highest BCUT2D eigenvalue weighted by Gasteiger charge is 2.05. The molecule has 0 aliphatic carbocycles. The molecule has 0 aliphatic rings. The van der Waals surface area contributed by atoms with E-state index in [1.54, 1.807) is 6.21 Å². The number of carbonyl (C=O) groups excluding carboxylic acids is 1. The third kappa shape index (κ3) is 4.14. The molecule has 2 aromatic carbocycles. The van der Waals surface area contributed by atoms with Crippen molar-refractivity contribution in [3.05, 3.63) is 53.0 Å². The first-order valence-corrected chi connectivity index (χ1v) is 8.75. The van der Waals surface area contributed by atoms with Gasteiger partial charge in [-0.25, -0.2) is 5.43 Å². The Morgan fingerprint density at radius 1 is 1.26 bits per heavy atom. The largest absolute Gasteiger partial charge is 0.272 e. The molecule has 1 amide bonds. The lowest BCUT2D eigenvalue weighted by Gasteiger charge is -2.01. The van der Waals surface area contributed by atoms with E-state index in [0.717, 1.165) is 25.7 Å². The second-order valence-electron chi connectivity index (χ2n) is 4.74. The van der Waals surface area contributed by atoms with E-state index in [2.05, 4.69) is 20.7 Å². The maximum atomic E-state index is 11.8. The smallest absolute Gasteiger partial charge is 0.250 e. The van der Waals surface area contributed by atoms with Crippen LogP contribution in [0, 0.1) is 6.92 Å². The molecule has 0 radical (unpaired) electrons. The van der Waals surface area contributed by atoms with Crippen molar-refractivity contribution in [1.29, 1.82) is 0 Å². The van der Waals surface area contributed by atoms with Crippen LogP contribution in [0.15, 0.2) is 51.9 Å². The van der Waals surface area contributed by atoms with Gasteiger partial charge in [0.05, 0.1) is 12.0 Å². The van der Waals surface area contributed by atoms with Crippen molar-refractivity contribution in [2.75, 3.05) is 5.75 Å². The van der Waals surface area contributed by atoms with Gasteiger partial charge in [0.25, 0.3) is 5.91 Å². The number of aryl methyl sites for hydroxylation is 1. The number of hydrogen-bond donors (Lipinski definition) is 1. The topological polar surface area (TPSA) is 67.2 Å². The minimum absolute atomic E-state index is 0.167. The van der Waals surface area contributed by atoms with Crippen LogP contribution in [0.4, 0.5) is 0 Å². The molecule has 7 heteroatoms. The van der Waals surface area contributed by atoms with Crippen LogP contribution in [0.1, 0.15) is 10.6 Å². The third-order valence-electron chi connectivity index (χ3n) is 3.05. The summed E-state index contributed by atoms with van der Waals surface area (Å²) in [4.78, 5) is 11.8. The van der Waals surface area contributed by atoms with E-state index < -0.39 is 0 Å². The second-order valence-corrected chi connectivity index (χ2v) is 7.14. The molecule has 1 heterocycles. The predicted octanol–water partition coefficient (Wildman–Crippen LogP) is 3.24. The van der Waals surface area contributed by atoms with E-state index >= 15 is 0 Å². The molecule has 3 rings (SSSR count). The van der Waals surface area contributed by atoms with Crippen LogP contribution in [-0.2, 0) is 4.79 Å². The number of thioether (sulfide) groups is 1. The number of nitrogens with zero attached hydrogens (tertiary/aromatic N) is 3. The number of benzene rings is 2. The fraction of sp³-hybridized carbons (Fsp3) is 0.125.